The van der Waals surface area contributed by atoms with Gasteiger partial charge in [-0.3, -0.25) is 4.79 Å². The van der Waals surface area contributed by atoms with Gasteiger partial charge in [-0.1, -0.05) is 41.4 Å². The summed E-state index contributed by atoms with van der Waals surface area (Å²) < 4.78 is 5.21. The molecular formula is C20H12Cl2N2O2. The fourth-order valence-corrected chi connectivity index (χ4v) is 2.95. The summed E-state index contributed by atoms with van der Waals surface area (Å²) in [7, 11) is 0. The minimum Gasteiger partial charge on any atom is -0.423 e. The molecule has 0 atom stereocenters. The Morgan fingerprint density at radius 2 is 1.85 bits per heavy atom. The molecule has 4 nitrogen and oxygen atoms in total. The smallest absolute Gasteiger partial charge is 0.308 e. The van der Waals surface area contributed by atoms with Crippen molar-refractivity contribution in [3.8, 4) is 11.8 Å². The molecule has 26 heavy (non-hydrogen) atoms. The first-order chi connectivity index (χ1) is 12.5. The van der Waals surface area contributed by atoms with Crippen LogP contribution in [0.3, 0.4) is 0 Å². The molecular weight excluding hydrogens is 371 g/mol. The van der Waals surface area contributed by atoms with Crippen LogP contribution in [0.5, 0.6) is 5.75 Å². The molecule has 0 radical (unpaired) electrons. The first kappa shape index (κ1) is 17.9. The summed E-state index contributed by atoms with van der Waals surface area (Å²) >= 11 is 12.4. The fourth-order valence-electron chi connectivity index (χ4n) is 2.39. The van der Waals surface area contributed by atoms with E-state index in [1.165, 1.54) is 13.0 Å². The maximum atomic E-state index is 11.4. The molecule has 0 amide bonds. The Balaban J connectivity index is 2.03. The second-order valence-electron chi connectivity index (χ2n) is 5.46. The lowest BCUT2D eigenvalue weighted by molar-refractivity contribution is -0.131. The Hall–Kier alpha value is -2.87. The molecule has 0 unspecified atom stereocenters. The zero-order valence-electron chi connectivity index (χ0n) is 13.7. The van der Waals surface area contributed by atoms with Gasteiger partial charge < -0.3 is 4.74 Å². The number of halogens is 2. The van der Waals surface area contributed by atoms with Crippen molar-refractivity contribution in [1.82, 2.24) is 4.98 Å². The molecule has 0 bridgehead atoms. The Morgan fingerprint density at radius 1 is 1.12 bits per heavy atom. The van der Waals surface area contributed by atoms with Crippen molar-refractivity contribution in [3.63, 3.8) is 0 Å². The minimum absolute atomic E-state index is 0.187. The topological polar surface area (TPSA) is 63.0 Å². The number of hydrogen-bond donors (Lipinski definition) is 0. The molecule has 6 heteroatoms. The van der Waals surface area contributed by atoms with E-state index in [0.717, 1.165) is 5.56 Å². The fraction of sp³-hybridized carbons (Fsp3) is 0.0500. The second-order valence-corrected chi connectivity index (χ2v) is 6.28. The number of nitriles is 1. The predicted octanol–water partition coefficient (Wildman–Crippen LogP) is 5.51. The van der Waals surface area contributed by atoms with Crippen LogP contribution in [0.25, 0.3) is 23.1 Å². The van der Waals surface area contributed by atoms with Crippen LogP contribution >= 0.6 is 23.2 Å². The van der Waals surface area contributed by atoms with Gasteiger partial charge in [-0.15, -0.1) is 0 Å². The lowest BCUT2D eigenvalue weighted by Gasteiger charge is -2.10. The Morgan fingerprint density at radius 3 is 2.50 bits per heavy atom. The summed E-state index contributed by atoms with van der Waals surface area (Å²) in [5.74, 6) is -0.303. The Kier molecular flexibility index (Phi) is 5.22. The molecule has 0 saturated heterocycles. The average molecular weight is 383 g/mol. The number of carbonyl (C=O) groups is 1. The summed E-state index contributed by atoms with van der Waals surface area (Å²) in [6.07, 6.45) is 3.68. The molecule has 0 saturated carbocycles. The summed E-state index contributed by atoms with van der Waals surface area (Å²) in [4.78, 5) is 15.9. The van der Waals surface area contributed by atoms with Gasteiger partial charge in [-0.2, -0.15) is 5.26 Å². The lowest BCUT2D eigenvalue weighted by atomic mass is 10.1. The third kappa shape index (κ3) is 3.85. The SMILES string of the molecule is CC(=O)Oc1c(Cl)cc(Cl)c2ccc(/C=C/c3ccc(C#N)cc3)nc12. The molecule has 0 fully saturated rings. The highest BCUT2D eigenvalue weighted by Gasteiger charge is 2.15. The molecule has 0 aliphatic heterocycles. The number of fused-ring (bicyclic) bond motifs is 1. The maximum Gasteiger partial charge on any atom is 0.308 e. The monoisotopic (exact) mass is 382 g/mol. The zero-order valence-corrected chi connectivity index (χ0v) is 15.2. The number of rotatable bonds is 3. The van der Waals surface area contributed by atoms with E-state index in [-0.39, 0.29) is 10.8 Å². The first-order valence-corrected chi connectivity index (χ1v) is 8.39. The zero-order chi connectivity index (χ0) is 18.7. The number of esters is 1. The van der Waals surface area contributed by atoms with Gasteiger partial charge in [0.1, 0.15) is 5.52 Å². The predicted molar refractivity (Wildman–Crippen MR) is 103 cm³/mol. The van der Waals surface area contributed by atoms with Crippen LogP contribution in [0, 0.1) is 11.3 Å². The van der Waals surface area contributed by atoms with E-state index < -0.39 is 5.97 Å². The highest BCUT2D eigenvalue weighted by atomic mass is 35.5. The number of carbonyl (C=O) groups excluding carboxylic acids is 1. The van der Waals surface area contributed by atoms with E-state index >= 15 is 0 Å². The van der Waals surface area contributed by atoms with E-state index in [2.05, 4.69) is 11.1 Å². The third-order valence-electron chi connectivity index (χ3n) is 3.59. The third-order valence-corrected chi connectivity index (χ3v) is 4.19. The van der Waals surface area contributed by atoms with Gasteiger partial charge in [0.25, 0.3) is 0 Å². The second kappa shape index (κ2) is 7.57. The molecule has 0 spiro atoms. The van der Waals surface area contributed by atoms with Gasteiger partial charge in [0.2, 0.25) is 0 Å². The van der Waals surface area contributed by atoms with Gasteiger partial charge in [-0.05, 0) is 42.0 Å². The van der Waals surface area contributed by atoms with E-state index in [4.69, 9.17) is 33.2 Å². The van der Waals surface area contributed by atoms with Gasteiger partial charge in [-0.25, -0.2) is 4.98 Å². The van der Waals surface area contributed by atoms with Gasteiger partial charge in [0, 0.05) is 12.3 Å². The normalized spacial score (nSPS) is 10.8. The van der Waals surface area contributed by atoms with Gasteiger partial charge in [0.15, 0.2) is 5.75 Å². The summed E-state index contributed by atoms with van der Waals surface area (Å²) in [5.41, 5.74) is 2.59. The van der Waals surface area contributed by atoms with E-state index in [9.17, 15) is 4.79 Å². The van der Waals surface area contributed by atoms with Crippen molar-refractivity contribution >= 4 is 52.2 Å². The Labute approximate surface area is 160 Å². The molecule has 0 aliphatic carbocycles. The number of benzene rings is 2. The minimum atomic E-state index is -0.490. The van der Waals surface area contributed by atoms with E-state index in [1.54, 1.807) is 24.3 Å². The van der Waals surface area contributed by atoms with Crippen molar-refractivity contribution in [1.29, 1.82) is 5.26 Å². The highest BCUT2D eigenvalue weighted by Crippen LogP contribution is 2.37. The molecule has 1 aromatic heterocycles. The number of aromatic nitrogens is 1. The van der Waals surface area contributed by atoms with Gasteiger partial charge in [0.05, 0.1) is 27.4 Å². The summed E-state index contributed by atoms with van der Waals surface area (Å²) in [6, 6.07) is 14.4. The number of hydrogen-bond acceptors (Lipinski definition) is 4. The van der Waals surface area contributed by atoms with Crippen LogP contribution in [-0.4, -0.2) is 11.0 Å². The quantitative estimate of drug-likeness (QED) is 0.442. The van der Waals surface area contributed by atoms with E-state index in [0.29, 0.717) is 27.2 Å². The van der Waals surface area contributed by atoms with Crippen molar-refractivity contribution in [3.05, 3.63) is 69.3 Å². The van der Waals surface area contributed by atoms with E-state index in [1.807, 2.05) is 24.3 Å². The summed E-state index contributed by atoms with van der Waals surface area (Å²) in [5, 5.41) is 10.1. The molecule has 2 aromatic carbocycles. The molecule has 3 aromatic rings. The van der Waals surface area contributed by atoms with Crippen LogP contribution in [-0.2, 0) is 4.79 Å². The van der Waals surface area contributed by atoms with Crippen LogP contribution in [0.15, 0.2) is 42.5 Å². The maximum absolute atomic E-state index is 11.4. The standard InChI is InChI=1S/C20H12Cl2N2O2/c1-12(25)26-20-18(22)10-17(21)16-9-8-15(24-19(16)20)7-6-13-2-4-14(11-23)5-3-13/h2-10H,1H3/b7-6+. The molecule has 1 heterocycles. The van der Waals surface area contributed by atoms with Crippen molar-refractivity contribution in [2.45, 2.75) is 6.92 Å². The Bertz CT molecular complexity index is 1070. The first-order valence-electron chi connectivity index (χ1n) is 7.63. The summed E-state index contributed by atoms with van der Waals surface area (Å²) in [6.45, 7) is 1.30. The number of nitrogens with zero attached hydrogens (tertiary/aromatic N) is 2. The molecule has 0 N–H and O–H groups in total. The molecule has 0 aliphatic rings. The number of ether oxygens (including phenoxy) is 1. The molecule has 128 valence electrons. The van der Waals surface area contributed by atoms with Gasteiger partial charge >= 0.3 is 5.97 Å². The van der Waals surface area contributed by atoms with Crippen molar-refractivity contribution in [2.24, 2.45) is 0 Å². The van der Waals surface area contributed by atoms with Crippen molar-refractivity contribution in [2.75, 3.05) is 0 Å². The lowest BCUT2D eigenvalue weighted by Crippen LogP contribution is -2.03. The van der Waals surface area contributed by atoms with Crippen LogP contribution in [0.4, 0.5) is 0 Å². The highest BCUT2D eigenvalue weighted by molar-refractivity contribution is 6.39. The van der Waals surface area contributed by atoms with Crippen LogP contribution < -0.4 is 4.74 Å². The van der Waals surface area contributed by atoms with Crippen LogP contribution in [0.1, 0.15) is 23.7 Å². The average Bonchev–Trinajstić information content (AvgIpc) is 2.63. The largest absolute Gasteiger partial charge is 0.423 e. The van der Waals surface area contributed by atoms with Crippen molar-refractivity contribution < 1.29 is 9.53 Å². The molecule has 3 rings (SSSR count). The van der Waals surface area contributed by atoms with Crippen LogP contribution in [0.2, 0.25) is 10.0 Å². The number of pyridine rings is 1.